The maximum atomic E-state index is 10.5. The fourth-order valence-corrected chi connectivity index (χ4v) is 2.59. The molecule has 0 bridgehead atoms. The average Bonchev–Trinajstić information content (AvgIpc) is 2.55. The second-order valence-electron chi connectivity index (χ2n) is 5.34. The van der Waals surface area contributed by atoms with Crippen LogP contribution < -0.4 is 5.32 Å². The summed E-state index contributed by atoms with van der Waals surface area (Å²) >= 11 is 0. The van der Waals surface area contributed by atoms with Crippen LogP contribution >= 0.6 is 0 Å². The Balaban J connectivity index is 1.80. The molecule has 1 aromatic heterocycles. The zero-order valence-electron chi connectivity index (χ0n) is 11.2. The third-order valence-corrected chi connectivity index (χ3v) is 3.63. The summed E-state index contributed by atoms with van der Waals surface area (Å²) < 4.78 is 0. The molecule has 4 heteroatoms. The molecule has 2 rings (SSSR count). The van der Waals surface area contributed by atoms with Crippen molar-refractivity contribution in [1.29, 1.82) is 0 Å². The Labute approximate surface area is 109 Å². The summed E-state index contributed by atoms with van der Waals surface area (Å²) in [5.41, 5.74) is 0.471. The molecule has 1 heterocycles. The molecule has 1 aliphatic rings. The van der Waals surface area contributed by atoms with E-state index in [2.05, 4.69) is 15.3 Å². The largest absolute Gasteiger partial charge is 0.389 e. The highest BCUT2D eigenvalue weighted by atomic mass is 16.3. The summed E-state index contributed by atoms with van der Waals surface area (Å²) in [6, 6.07) is 1.91. The number of aliphatic hydroxyl groups is 1. The van der Waals surface area contributed by atoms with Crippen LogP contribution in [0.25, 0.3) is 0 Å². The quantitative estimate of drug-likeness (QED) is 0.801. The summed E-state index contributed by atoms with van der Waals surface area (Å²) in [6.07, 6.45) is 8.42. The Morgan fingerprint density at radius 1 is 1.28 bits per heavy atom. The highest BCUT2D eigenvalue weighted by molar-refractivity contribution is 5.01. The molecule has 0 unspecified atom stereocenters. The van der Waals surface area contributed by atoms with Gasteiger partial charge in [-0.15, -0.1) is 0 Å². The lowest BCUT2D eigenvalue weighted by Gasteiger charge is -2.26. The van der Waals surface area contributed by atoms with Gasteiger partial charge >= 0.3 is 0 Å². The first-order chi connectivity index (χ1) is 8.68. The van der Waals surface area contributed by atoms with Crippen LogP contribution in [0.1, 0.15) is 50.0 Å². The molecule has 18 heavy (non-hydrogen) atoms. The molecular weight excluding hydrogens is 226 g/mol. The SMILES string of the molecule is Cc1nccc(CNCC2(O)CCCCCC2)n1. The van der Waals surface area contributed by atoms with E-state index in [9.17, 15) is 5.11 Å². The third kappa shape index (κ3) is 4.03. The first-order valence-electron chi connectivity index (χ1n) is 6.90. The van der Waals surface area contributed by atoms with E-state index in [0.717, 1.165) is 37.2 Å². The van der Waals surface area contributed by atoms with Crippen LogP contribution in [0.5, 0.6) is 0 Å². The second-order valence-corrected chi connectivity index (χ2v) is 5.34. The smallest absolute Gasteiger partial charge is 0.125 e. The van der Waals surface area contributed by atoms with Gasteiger partial charge in [0.2, 0.25) is 0 Å². The van der Waals surface area contributed by atoms with Crippen molar-refractivity contribution in [3.63, 3.8) is 0 Å². The standard InChI is InChI=1S/C14H23N3O/c1-12-16-9-6-13(17-12)10-15-11-14(18)7-4-2-3-5-8-14/h6,9,15,18H,2-5,7-8,10-11H2,1H3. The minimum absolute atomic E-state index is 0.515. The number of nitrogens with zero attached hydrogens (tertiary/aromatic N) is 2. The van der Waals surface area contributed by atoms with Crippen molar-refractivity contribution in [3.8, 4) is 0 Å². The molecule has 1 fully saturated rings. The van der Waals surface area contributed by atoms with Crippen LogP contribution in [-0.2, 0) is 6.54 Å². The molecule has 0 spiro atoms. The topological polar surface area (TPSA) is 58.0 Å². The fourth-order valence-electron chi connectivity index (χ4n) is 2.59. The van der Waals surface area contributed by atoms with Gasteiger partial charge < -0.3 is 10.4 Å². The Morgan fingerprint density at radius 2 is 2.00 bits per heavy atom. The minimum Gasteiger partial charge on any atom is -0.389 e. The third-order valence-electron chi connectivity index (χ3n) is 3.63. The number of hydrogen-bond acceptors (Lipinski definition) is 4. The van der Waals surface area contributed by atoms with Gasteiger partial charge in [0, 0.05) is 19.3 Å². The molecular formula is C14H23N3O. The van der Waals surface area contributed by atoms with E-state index in [0.29, 0.717) is 13.1 Å². The van der Waals surface area contributed by atoms with Gasteiger partial charge in [-0.05, 0) is 25.8 Å². The van der Waals surface area contributed by atoms with E-state index in [-0.39, 0.29) is 0 Å². The predicted molar refractivity (Wildman–Crippen MR) is 71.1 cm³/mol. The molecule has 0 radical (unpaired) electrons. The number of rotatable bonds is 4. The van der Waals surface area contributed by atoms with Gasteiger partial charge in [-0.3, -0.25) is 0 Å². The average molecular weight is 249 g/mol. The first-order valence-corrected chi connectivity index (χ1v) is 6.90. The van der Waals surface area contributed by atoms with Crippen LogP contribution in [-0.4, -0.2) is 27.2 Å². The summed E-state index contributed by atoms with van der Waals surface area (Å²) in [4.78, 5) is 8.42. The Bertz CT molecular complexity index is 373. The van der Waals surface area contributed by atoms with E-state index in [4.69, 9.17) is 0 Å². The maximum absolute atomic E-state index is 10.5. The van der Waals surface area contributed by atoms with Crippen molar-refractivity contribution in [2.24, 2.45) is 0 Å². The Kier molecular flexibility index (Phi) is 4.66. The minimum atomic E-state index is -0.515. The van der Waals surface area contributed by atoms with Crippen LogP contribution in [0.2, 0.25) is 0 Å². The monoisotopic (exact) mass is 249 g/mol. The van der Waals surface area contributed by atoms with Gasteiger partial charge in [0.15, 0.2) is 0 Å². The van der Waals surface area contributed by atoms with Gasteiger partial charge in [0.1, 0.15) is 5.82 Å². The zero-order chi connectivity index (χ0) is 12.8. The highest BCUT2D eigenvalue weighted by Crippen LogP contribution is 2.26. The number of nitrogens with one attached hydrogen (secondary N) is 1. The molecule has 100 valence electrons. The molecule has 2 N–H and O–H groups in total. The number of hydrogen-bond donors (Lipinski definition) is 2. The number of aromatic nitrogens is 2. The van der Waals surface area contributed by atoms with Crippen molar-refractivity contribution >= 4 is 0 Å². The van der Waals surface area contributed by atoms with Gasteiger partial charge in [-0.1, -0.05) is 25.7 Å². The van der Waals surface area contributed by atoms with Gasteiger partial charge in [0.05, 0.1) is 11.3 Å². The van der Waals surface area contributed by atoms with Crippen LogP contribution in [0.3, 0.4) is 0 Å². The molecule has 1 aromatic rings. The molecule has 1 saturated carbocycles. The summed E-state index contributed by atoms with van der Waals surface area (Å²) in [6.45, 7) is 3.25. The summed E-state index contributed by atoms with van der Waals surface area (Å²) in [7, 11) is 0. The molecule has 0 atom stereocenters. The molecule has 1 aliphatic carbocycles. The van der Waals surface area contributed by atoms with Crippen molar-refractivity contribution < 1.29 is 5.11 Å². The highest BCUT2D eigenvalue weighted by Gasteiger charge is 2.27. The Morgan fingerprint density at radius 3 is 2.67 bits per heavy atom. The van der Waals surface area contributed by atoms with E-state index in [1.807, 2.05) is 13.0 Å². The normalized spacial score (nSPS) is 19.4. The molecule has 0 aliphatic heterocycles. The summed E-state index contributed by atoms with van der Waals surface area (Å²) in [5.74, 6) is 0.794. The first kappa shape index (κ1) is 13.4. The van der Waals surface area contributed by atoms with Crippen molar-refractivity contribution in [1.82, 2.24) is 15.3 Å². The van der Waals surface area contributed by atoms with Gasteiger partial charge in [-0.25, -0.2) is 9.97 Å². The van der Waals surface area contributed by atoms with Gasteiger partial charge in [0.25, 0.3) is 0 Å². The lowest BCUT2D eigenvalue weighted by molar-refractivity contribution is 0.0250. The van der Waals surface area contributed by atoms with Crippen molar-refractivity contribution in [2.45, 2.75) is 57.6 Å². The summed E-state index contributed by atoms with van der Waals surface area (Å²) in [5, 5.41) is 13.8. The fraction of sp³-hybridized carbons (Fsp3) is 0.714. The number of aryl methyl sites for hydroxylation is 1. The molecule has 0 aromatic carbocycles. The lowest BCUT2D eigenvalue weighted by Crippen LogP contribution is -2.40. The second kappa shape index (κ2) is 6.25. The predicted octanol–water partition coefficient (Wildman–Crippen LogP) is 1.96. The van der Waals surface area contributed by atoms with E-state index >= 15 is 0 Å². The van der Waals surface area contributed by atoms with Crippen LogP contribution in [0, 0.1) is 6.92 Å². The Hall–Kier alpha value is -1.00. The molecule has 0 saturated heterocycles. The van der Waals surface area contributed by atoms with E-state index in [1.165, 1.54) is 12.8 Å². The van der Waals surface area contributed by atoms with Gasteiger partial charge in [-0.2, -0.15) is 0 Å². The van der Waals surface area contributed by atoms with Crippen molar-refractivity contribution in [2.75, 3.05) is 6.54 Å². The van der Waals surface area contributed by atoms with Crippen LogP contribution in [0.4, 0.5) is 0 Å². The van der Waals surface area contributed by atoms with Crippen molar-refractivity contribution in [3.05, 3.63) is 23.8 Å². The van der Waals surface area contributed by atoms with E-state index < -0.39 is 5.60 Å². The maximum Gasteiger partial charge on any atom is 0.125 e. The van der Waals surface area contributed by atoms with E-state index in [1.54, 1.807) is 6.20 Å². The molecule has 0 amide bonds. The van der Waals surface area contributed by atoms with Crippen LogP contribution in [0.15, 0.2) is 12.3 Å². The zero-order valence-corrected chi connectivity index (χ0v) is 11.2. The lowest BCUT2D eigenvalue weighted by atomic mass is 9.94. The molecule has 4 nitrogen and oxygen atoms in total.